The number of benzene rings is 1. The smallest absolute Gasteiger partial charge is 0.165 e. The van der Waals surface area contributed by atoms with Crippen molar-refractivity contribution in [3.05, 3.63) is 46.5 Å². The van der Waals surface area contributed by atoms with Crippen LogP contribution >= 0.6 is 0 Å². The molecule has 3 aliphatic carbocycles. The van der Waals surface area contributed by atoms with Gasteiger partial charge in [-0.15, -0.1) is 0 Å². The highest BCUT2D eigenvalue weighted by Crippen LogP contribution is 2.60. The minimum Gasteiger partial charge on any atom is -0.384 e. The molecule has 2 bridgehead atoms. The van der Waals surface area contributed by atoms with Gasteiger partial charge in [-0.2, -0.15) is 0 Å². The Morgan fingerprint density at radius 3 is 2.62 bits per heavy atom. The van der Waals surface area contributed by atoms with Gasteiger partial charge in [-0.3, -0.25) is 9.59 Å². The van der Waals surface area contributed by atoms with Crippen molar-refractivity contribution in [3.63, 3.8) is 0 Å². The van der Waals surface area contributed by atoms with Crippen molar-refractivity contribution in [2.75, 3.05) is 0 Å². The average Bonchev–Trinajstić information content (AvgIpc) is 2.45. The first kappa shape index (κ1) is 14.2. The van der Waals surface area contributed by atoms with Crippen molar-refractivity contribution < 1.29 is 14.7 Å². The molecule has 1 N–H and O–H groups in total. The van der Waals surface area contributed by atoms with Gasteiger partial charge in [0.2, 0.25) is 0 Å². The quantitative estimate of drug-likeness (QED) is 0.868. The average molecular weight is 284 g/mol. The molecule has 1 fully saturated rings. The standard InChI is InChI=1S/C18H20O3/c1-10-13-8-14(18(13,2)3)17(21)15(10)16(20)12-6-4-5-11(7-12)9-19/h4-7,9,13-14,16,20H,8H2,1-3H3/t13-,14+,16?/m1/s1. The molecule has 0 radical (unpaired) electrons. The summed E-state index contributed by atoms with van der Waals surface area (Å²) < 4.78 is 0. The summed E-state index contributed by atoms with van der Waals surface area (Å²) in [5, 5.41) is 10.6. The second kappa shape index (κ2) is 4.63. The molecule has 1 aromatic carbocycles. The molecule has 0 saturated heterocycles. The van der Waals surface area contributed by atoms with Crippen LogP contribution in [0.1, 0.15) is 49.2 Å². The molecule has 0 amide bonds. The fourth-order valence-corrected chi connectivity index (χ4v) is 3.99. The topological polar surface area (TPSA) is 54.4 Å². The van der Waals surface area contributed by atoms with Crippen LogP contribution in [0.2, 0.25) is 0 Å². The Balaban J connectivity index is 2.02. The number of aldehydes is 1. The molecular weight excluding hydrogens is 264 g/mol. The molecule has 0 aromatic heterocycles. The summed E-state index contributed by atoms with van der Waals surface area (Å²) in [6.07, 6.45) is 0.724. The van der Waals surface area contributed by atoms with E-state index < -0.39 is 6.10 Å². The van der Waals surface area contributed by atoms with Gasteiger partial charge in [0.25, 0.3) is 0 Å². The van der Waals surface area contributed by atoms with E-state index in [4.69, 9.17) is 0 Å². The predicted molar refractivity (Wildman–Crippen MR) is 79.9 cm³/mol. The molecule has 110 valence electrons. The third kappa shape index (κ3) is 1.91. The van der Waals surface area contributed by atoms with Gasteiger partial charge in [0.15, 0.2) is 5.78 Å². The Kier molecular flexibility index (Phi) is 3.14. The summed E-state index contributed by atoms with van der Waals surface area (Å²) in [6, 6.07) is 6.83. The molecule has 3 heteroatoms. The molecule has 0 heterocycles. The van der Waals surface area contributed by atoms with Crippen LogP contribution in [-0.4, -0.2) is 17.2 Å². The van der Waals surface area contributed by atoms with Crippen molar-refractivity contribution in [2.45, 2.75) is 33.3 Å². The maximum absolute atomic E-state index is 12.7. The van der Waals surface area contributed by atoms with Crippen molar-refractivity contribution in [2.24, 2.45) is 17.3 Å². The van der Waals surface area contributed by atoms with E-state index in [9.17, 15) is 14.7 Å². The van der Waals surface area contributed by atoms with Crippen LogP contribution < -0.4 is 0 Å². The number of Topliss-reactive ketones (excluding diaryl/α,β-unsaturated/α-hetero) is 1. The maximum atomic E-state index is 12.7. The molecule has 1 saturated carbocycles. The number of fused-ring (bicyclic) bond motifs is 1. The van der Waals surface area contributed by atoms with E-state index in [1.54, 1.807) is 24.3 Å². The third-order valence-electron chi connectivity index (χ3n) is 5.43. The second-order valence-corrected chi connectivity index (χ2v) is 6.81. The summed E-state index contributed by atoms with van der Waals surface area (Å²) in [6.45, 7) is 6.22. The van der Waals surface area contributed by atoms with Gasteiger partial charge >= 0.3 is 0 Å². The zero-order valence-electron chi connectivity index (χ0n) is 12.6. The van der Waals surface area contributed by atoms with Gasteiger partial charge in [-0.05, 0) is 36.3 Å². The van der Waals surface area contributed by atoms with Crippen LogP contribution in [0.4, 0.5) is 0 Å². The van der Waals surface area contributed by atoms with Crippen LogP contribution in [0.25, 0.3) is 0 Å². The summed E-state index contributed by atoms with van der Waals surface area (Å²) in [5.74, 6) is 0.466. The molecule has 3 nitrogen and oxygen atoms in total. The number of aliphatic hydroxyl groups excluding tert-OH is 1. The fraction of sp³-hybridized carbons (Fsp3) is 0.444. The number of allylic oxidation sites excluding steroid dienone is 1. The number of carbonyl (C=O) groups is 2. The highest BCUT2D eigenvalue weighted by molar-refractivity contribution is 6.02. The van der Waals surface area contributed by atoms with E-state index in [1.807, 2.05) is 6.92 Å². The molecule has 1 aromatic rings. The van der Waals surface area contributed by atoms with Crippen molar-refractivity contribution in [3.8, 4) is 0 Å². The highest BCUT2D eigenvalue weighted by atomic mass is 16.3. The monoisotopic (exact) mass is 284 g/mol. The predicted octanol–water partition coefficient (Wildman–Crippen LogP) is 3.09. The Morgan fingerprint density at radius 2 is 2.05 bits per heavy atom. The number of rotatable bonds is 3. The molecule has 21 heavy (non-hydrogen) atoms. The minimum atomic E-state index is -0.932. The number of hydrogen-bond donors (Lipinski definition) is 1. The normalized spacial score (nSPS) is 28.1. The van der Waals surface area contributed by atoms with Gasteiger partial charge in [-0.25, -0.2) is 0 Å². The zero-order valence-corrected chi connectivity index (χ0v) is 12.6. The summed E-state index contributed by atoms with van der Waals surface area (Å²) >= 11 is 0. The van der Waals surface area contributed by atoms with Crippen LogP contribution in [0.15, 0.2) is 35.4 Å². The lowest BCUT2D eigenvalue weighted by atomic mass is 9.46. The largest absolute Gasteiger partial charge is 0.384 e. The first-order valence-corrected chi connectivity index (χ1v) is 7.36. The lowest BCUT2D eigenvalue weighted by Gasteiger charge is -2.56. The number of carbonyl (C=O) groups excluding carboxylic acids is 2. The Labute approximate surface area is 124 Å². The first-order chi connectivity index (χ1) is 9.87. The highest BCUT2D eigenvalue weighted by Gasteiger charge is 2.57. The van der Waals surface area contributed by atoms with Crippen LogP contribution in [0, 0.1) is 17.3 Å². The van der Waals surface area contributed by atoms with Crippen LogP contribution in [-0.2, 0) is 4.79 Å². The maximum Gasteiger partial charge on any atom is 0.165 e. The molecule has 0 aliphatic heterocycles. The lowest BCUT2D eigenvalue weighted by Crippen LogP contribution is -2.54. The number of aliphatic hydroxyl groups is 1. The Morgan fingerprint density at radius 1 is 1.33 bits per heavy atom. The van der Waals surface area contributed by atoms with E-state index in [2.05, 4.69) is 13.8 Å². The lowest BCUT2D eigenvalue weighted by molar-refractivity contribution is -0.137. The SMILES string of the molecule is CC1=C(C(O)c2cccc(C=O)c2)C(=O)[C@@H]2C[C@H]1C2(C)C. The molecule has 4 rings (SSSR count). The Hall–Kier alpha value is -1.74. The van der Waals surface area contributed by atoms with E-state index in [1.165, 1.54) is 0 Å². The van der Waals surface area contributed by atoms with E-state index in [0.717, 1.165) is 18.3 Å². The van der Waals surface area contributed by atoms with Crippen molar-refractivity contribution in [1.82, 2.24) is 0 Å². The van der Waals surface area contributed by atoms with E-state index in [-0.39, 0.29) is 17.1 Å². The second-order valence-electron chi connectivity index (χ2n) is 6.81. The van der Waals surface area contributed by atoms with Crippen molar-refractivity contribution in [1.29, 1.82) is 0 Å². The summed E-state index contributed by atoms with van der Waals surface area (Å²) in [5.41, 5.74) is 2.68. The van der Waals surface area contributed by atoms with Gasteiger partial charge < -0.3 is 5.11 Å². The zero-order chi connectivity index (χ0) is 15.4. The van der Waals surface area contributed by atoms with Gasteiger partial charge in [0.1, 0.15) is 12.4 Å². The summed E-state index contributed by atoms with van der Waals surface area (Å²) in [7, 11) is 0. The number of hydrogen-bond acceptors (Lipinski definition) is 3. The summed E-state index contributed by atoms with van der Waals surface area (Å²) in [4.78, 5) is 23.5. The molecule has 3 atom stereocenters. The van der Waals surface area contributed by atoms with Crippen LogP contribution in [0.5, 0.6) is 0 Å². The van der Waals surface area contributed by atoms with Gasteiger partial charge in [0.05, 0.1) is 0 Å². The van der Waals surface area contributed by atoms with E-state index >= 15 is 0 Å². The molecule has 0 spiro atoms. The first-order valence-electron chi connectivity index (χ1n) is 7.36. The van der Waals surface area contributed by atoms with E-state index in [0.29, 0.717) is 22.6 Å². The molecule has 1 unspecified atom stereocenters. The van der Waals surface area contributed by atoms with Gasteiger partial charge in [0, 0.05) is 17.1 Å². The Bertz CT molecular complexity index is 654. The van der Waals surface area contributed by atoms with Crippen LogP contribution in [0.3, 0.4) is 0 Å². The molecular formula is C18H20O3. The van der Waals surface area contributed by atoms with Gasteiger partial charge in [-0.1, -0.05) is 37.6 Å². The fourth-order valence-electron chi connectivity index (χ4n) is 3.99. The minimum absolute atomic E-state index is 0.00896. The van der Waals surface area contributed by atoms with Crippen molar-refractivity contribution >= 4 is 12.1 Å². The molecule has 3 aliphatic rings. The third-order valence-corrected chi connectivity index (χ3v) is 5.43. The number of ketones is 1.